The Morgan fingerprint density at radius 2 is 2.22 bits per heavy atom. The van der Waals surface area contributed by atoms with Crippen LogP contribution in [0.3, 0.4) is 0 Å². The fourth-order valence-electron chi connectivity index (χ4n) is 2.79. The number of methoxy groups -OCH3 is 1. The smallest absolute Gasteiger partial charge is 0.287 e. The Morgan fingerprint density at radius 1 is 1.39 bits per heavy atom. The first kappa shape index (κ1) is 16.2. The Bertz CT molecular complexity index is 618. The van der Waals surface area contributed by atoms with E-state index in [4.69, 9.17) is 9.15 Å². The van der Waals surface area contributed by atoms with Crippen molar-refractivity contribution in [2.45, 2.75) is 25.5 Å². The van der Waals surface area contributed by atoms with Gasteiger partial charge in [0.15, 0.2) is 5.76 Å². The molecule has 1 aliphatic rings. The summed E-state index contributed by atoms with van der Waals surface area (Å²) in [5.74, 6) is 1.01. The van der Waals surface area contributed by atoms with Gasteiger partial charge >= 0.3 is 0 Å². The van der Waals surface area contributed by atoms with Crippen LogP contribution in [-0.4, -0.2) is 37.6 Å². The maximum absolute atomic E-state index is 12.2. The molecule has 2 aromatic heterocycles. The Balaban J connectivity index is 1.52. The molecule has 0 unspecified atom stereocenters. The van der Waals surface area contributed by atoms with Crippen LogP contribution in [-0.2, 0) is 11.3 Å². The number of carbonyl (C=O) groups excluding carboxylic acids is 1. The maximum atomic E-state index is 12.2. The van der Waals surface area contributed by atoms with Crippen molar-refractivity contribution in [3.05, 3.63) is 46.0 Å². The standard InChI is InChI=1S/C17H22N2O3S/c1-21-15(16-5-4-10-23-16)11-18-17(20)14-7-6-13(22-14)12-19-8-2-3-9-19/h4-7,10,15H,2-3,8-9,11-12H2,1H3,(H,18,20)/t15-/m0/s1. The largest absolute Gasteiger partial charge is 0.455 e. The molecule has 1 fully saturated rings. The molecule has 1 saturated heterocycles. The third kappa shape index (κ3) is 4.22. The minimum atomic E-state index is -0.198. The number of thiophene rings is 1. The zero-order valence-electron chi connectivity index (χ0n) is 13.3. The van der Waals surface area contributed by atoms with E-state index in [1.54, 1.807) is 24.5 Å². The second kappa shape index (κ2) is 7.77. The van der Waals surface area contributed by atoms with E-state index >= 15 is 0 Å². The normalized spacial score (nSPS) is 16.6. The fourth-order valence-corrected chi connectivity index (χ4v) is 3.60. The van der Waals surface area contributed by atoms with Crippen LogP contribution in [0, 0.1) is 0 Å². The van der Waals surface area contributed by atoms with Crippen LogP contribution < -0.4 is 5.32 Å². The predicted octanol–water partition coefficient (Wildman–Crippen LogP) is 3.05. The lowest BCUT2D eigenvalue weighted by molar-refractivity contribution is 0.0814. The van der Waals surface area contributed by atoms with Crippen LogP contribution in [0.15, 0.2) is 34.1 Å². The molecule has 23 heavy (non-hydrogen) atoms. The average molecular weight is 334 g/mol. The average Bonchev–Trinajstić information content (AvgIpc) is 3.30. The summed E-state index contributed by atoms with van der Waals surface area (Å²) in [4.78, 5) is 15.7. The highest BCUT2D eigenvalue weighted by Crippen LogP contribution is 2.21. The van der Waals surface area contributed by atoms with E-state index in [-0.39, 0.29) is 12.0 Å². The third-order valence-electron chi connectivity index (χ3n) is 4.06. The van der Waals surface area contributed by atoms with Crippen LogP contribution in [0.5, 0.6) is 0 Å². The van der Waals surface area contributed by atoms with Crippen LogP contribution >= 0.6 is 11.3 Å². The van der Waals surface area contributed by atoms with Gasteiger partial charge in [0.2, 0.25) is 0 Å². The van der Waals surface area contributed by atoms with E-state index in [1.807, 2.05) is 23.6 Å². The number of hydrogen-bond donors (Lipinski definition) is 1. The van der Waals surface area contributed by atoms with Crippen molar-refractivity contribution in [3.8, 4) is 0 Å². The Morgan fingerprint density at radius 3 is 2.91 bits per heavy atom. The topological polar surface area (TPSA) is 54.7 Å². The highest BCUT2D eigenvalue weighted by Gasteiger charge is 2.18. The lowest BCUT2D eigenvalue weighted by Gasteiger charge is -2.14. The van der Waals surface area contributed by atoms with Gasteiger partial charge in [-0.3, -0.25) is 9.69 Å². The van der Waals surface area contributed by atoms with Gasteiger partial charge in [-0.15, -0.1) is 11.3 Å². The van der Waals surface area contributed by atoms with Gasteiger partial charge in [0, 0.05) is 18.5 Å². The fraction of sp³-hybridized carbons (Fsp3) is 0.471. The Kier molecular flexibility index (Phi) is 5.48. The minimum absolute atomic E-state index is 0.127. The van der Waals surface area contributed by atoms with Crippen molar-refractivity contribution in [2.75, 3.05) is 26.7 Å². The lowest BCUT2D eigenvalue weighted by Crippen LogP contribution is -2.28. The molecule has 0 aliphatic carbocycles. The van der Waals surface area contributed by atoms with Gasteiger partial charge in [0.05, 0.1) is 6.54 Å². The van der Waals surface area contributed by atoms with Gasteiger partial charge in [0.1, 0.15) is 11.9 Å². The molecular formula is C17H22N2O3S. The van der Waals surface area contributed by atoms with E-state index in [9.17, 15) is 4.79 Å². The molecule has 0 saturated carbocycles. The van der Waals surface area contributed by atoms with Crippen LogP contribution in [0.2, 0.25) is 0 Å². The first-order valence-corrected chi connectivity index (χ1v) is 8.79. The highest BCUT2D eigenvalue weighted by molar-refractivity contribution is 7.10. The summed E-state index contributed by atoms with van der Waals surface area (Å²) in [7, 11) is 1.65. The van der Waals surface area contributed by atoms with Crippen molar-refractivity contribution in [2.24, 2.45) is 0 Å². The molecule has 0 bridgehead atoms. The molecule has 0 aromatic carbocycles. The summed E-state index contributed by atoms with van der Waals surface area (Å²) in [5.41, 5.74) is 0. The van der Waals surface area contributed by atoms with Gasteiger partial charge in [-0.2, -0.15) is 0 Å². The maximum Gasteiger partial charge on any atom is 0.287 e. The number of carbonyl (C=O) groups is 1. The minimum Gasteiger partial charge on any atom is -0.455 e. The Labute approximate surface area is 140 Å². The predicted molar refractivity (Wildman–Crippen MR) is 89.6 cm³/mol. The molecule has 5 nitrogen and oxygen atoms in total. The van der Waals surface area contributed by atoms with E-state index in [2.05, 4.69) is 10.2 Å². The van der Waals surface area contributed by atoms with Crippen LogP contribution in [0.25, 0.3) is 0 Å². The van der Waals surface area contributed by atoms with Crippen molar-refractivity contribution in [3.63, 3.8) is 0 Å². The number of nitrogens with zero attached hydrogens (tertiary/aromatic N) is 1. The summed E-state index contributed by atoms with van der Waals surface area (Å²) >= 11 is 1.62. The summed E-state index contributed by atoms with van der Waals surface area (Å²) in [6, 6.07) is 7.62. The molecule has 0 spiro atoms. The quantitative estimate of drug-likeness (QED) is 0.845. The second-order valence-corrected chi connectivity index (χ2v) is 6.68. The zero-order chi connectivity index (χ0) is 16.1. The molecule has 2 aromatic rings. The molecule has 3 heterocycles. The molecule has 6 heteroatoms. The summed E-state index contributed by atoms with van der Waals surface area (Å²) in [6.45, 7) is 3.43. The molecule has 3 rings (SSSR count). The Hall–Kier alpha value is -1.63. The number of ether oxygens (including phenoxy) is 1. The molecule has 1 N–H and O–H groups in total. The number of furan rings is 1. The lowest BCUT2D eigenvalue weighted by atomic mass is 10.3. The van der Waals surface area contributed by atoms with E-state index in [1.165, 1.54) is 12.8 Å². The first-order chi connectivity index (χ1) is 11.3. The van der Waals surface area contributed by atoms with Crippen molar-refractivity contribution < 1.29 is 13.9 Å². The molecule has 1 aliphatic heterocycles. The van der Waals surface area contributed by atoms with E-state index < -0.39 is 0 Å². The number of amides is 1. The van der Waals surface area contributed by atoms with Gasteiger partial charge in [0.25, 0.3) is 5.91 Å². The van der Waals surface area contributed by atoms with Gasteiger partial charge in [-0.1, -0.05) is 6.07 Å². The number of likely N-dealkylation sites (tertiary alicyclic amines) is 1. The van der Waals surface area contributed by atoms with Crippen molar-refractivity contribution in [1.82, 2.24) is 10.2 Å². The summed E-state index contributed by atoms with van der Waals surface area (Å²) < 4.78 is 11.1. The highest BCUT2D eigenvalue weighted by atomic mass is 32.1. The monoisotopic (exact) mass is 334 g/mol. The molecule has 124 valence electrons. The molecule has 0 radical (unpaired) electrons. The van der Waals surface area contributed by atoms with E-state index in [0.29, 0.717) is 12.3 Å². The van der Waals surface area contributed by atoms with Crippen LogP contribution in [0.1, 0.15) is 40.1 Å². The summed E-state index contributed by atoms with van der Waals surface area (Å²) in [5, 5.41) is 4.88. The molecule has 1 amide bonds. The SMILES string of the molecule is CO[C@@H](CNC(=O)c1ccc(CN2CCCC2)o1)c1cccs1. The molecular weight excluding hydrogens is 312 g/mol. The zero-order valence-corrected chi connectivity index (χ0v) is 14.1. The van der Waals surface area contributed by atoms with E-state index in [0.717, 1.165) is 30.3 Å². The van der Waals surface area contributed by atoms with Crippen molar-refractivity contribution >= 4 is 17.2 Å². The number of rotatable bonds is 7. The summed E-state index contributed by atoms with van der Waals surface area (Å²) in [6.07, 6.45) is 2.36. The number of nitrogens with one attached hydrogen (secondary N) is 1. The third-order valence-corrected chi connectivity index (χ3v) is 5.02. The number of hydrogen-bond acceptors (Lipinski definition) is 5. The van der Waals surface area contributed by atoms with Crippen LogP contribution in [0.4, 0.5) is 0 Å². The van der Waals surface area contributed by atoms with Gasteiger partial charge in [-0.25, -0.2) is 0 Å². The van der Waals surface area contributed by atoms with Crippen molar-refractivity contribution in [1.29, 1.82) is 0 Å². The van der Waals surface area contributed by atoms with Gasteiger partial charge in [-0.05, 0) is 49.5 Å². The van der Waals surface area contributed by atoms with Gasteiger partial charge < -0.3 is 14.5 Å². The second-order valence-electron chi connectivity index (χ2n) is 5.70. The first-order valence-electron chi connectivity index (χ1n) is 7.91. The molecule has 1 atom stereocenters.